The maximum atomic E-state index is 12.2. The van der Waals surface area contributed by atoms with E-state index in [0.29, 0.717) is 23.4 Å². The van der Waals surface area contributed by atoms with Crippen molar-refractivity contribution in [2.24, 2.45) is 0 Å². The van der Waals surface area contributed by atoms with Gasteiger partial charge in [0.05, 0.1) is 19.2 Å². The molecule has 0 saturated heterocycles. The molecule has 0 aromatic heterocycles. The van der Waals surface area contributed by atoms with Crippen molar-refractivity contribution >= 4 is 17.7 Å². The zero-order valence-corrected chi connectivity index (χ0v) is 13.8. The van der Waals surface area contributed by atoms with Crippen molar-refractivity contribution in [2.45, 2.75) is 39.8 Å². The number of nitrogens with two attached hydrogens (primary N) is 1. The van der Waals surface area contributed by atoms with Crippen LogP contribution in [-0.2, 0) is 16.0 Å². The Morgan fingerprint density at radius 2 is 1.91 bits per heavy atom. The number of carbonyl (C=O) groups excluding carboxylic acids is 2. The standard InChI is InChI=1S/C16H24N2O4/c1-6-18(15(20)22-16(2,3)4)10-12-9-11(14(19)21-5)7-8-13(12)17/h7-9H,6,10,17H2,1-5H3. The zero-order chi connectivity index (χ0) is 16.9. The Morgan fingerprint density at radius 1 is 1.27 bits per heavy atom. The van der Waals surface area contributed by atoms with Gasteiger partial charge in [0.15, 0.2) is 0 Å². The molecule has 22 heavy (non-hydrogen) atoms. The molecule has 0 atom stereocenters. The molecule has 0 aliphatic carbocycles. The average Bonchev–Trinajstić information content (AvgIpc) is 2.43. The van der Waals surface area contributed by atoms with Gasteiger partial charge in [-0.05, 0) is 51.5 Å². The fourth-order valence-corrected chi connectivity index (χ4v) is 1.83. The number of hydrogen-bond donors (Lipinski definition) is 1. The van der Waals surface area contributed by atoms with Gasteiger partial charge in [-0.2, -0.15) is 0 Å². The van der Waals surface area contributed by atoms with Crippen molar-refractivity contribution < 1.29 is 19.1 Å². The minimum atomic E-state index is -0.566. The van der Waals surface area contributed by atoms with E-state index >= 15 is 0 Å². The Hall–Kier alpha value is -2.24. The predicted molar refractivity (Wildman–Crippen MR) is 84.5 cm³/mol. The number of benzene rings is 1. The normalized spacial score (nSPS) is 11.0. The lowest BCUT2D eigenvalue weighted by molar-refractivity contribution is 0.0245. The quantitative estimate of drug-likeness (QED) is 0.683. The maximum absolute atomic E-state index is 12.2. The Labute approximate surface area is 131 Å². The molecule has 0 spiro atoms. The predicted octanol–water partition coefficient (Wildman–Crippen LogP) is 2.81. The Balaban J connectivity index is 2.95. The summed E-state index contributed by atoms with van der Waals surface area (Å²) in [4.78, 5) is 25.3. The molecule has 1 rings (SSSR count). The number of anilines is 1. The number of esters is 1. The van der Waals surface area contributed by atoms with Crippen molar-refractivity contribution in [3.63, 3.8) is 0 Å². The lowest BCUT2D eigenvalue weighted by Gasteiger charge is -2.27. The van der Waals surface area contributed by atoms with E-state index in [1.807, 2.05) is 27.7 Å². The molecule has 1 aromatic rings. The summed E-state index contributed by atoms with van der Waals surface area (Å²) in [5, 5.41) is 0. The van der Waals surface area contributed by atoms with E-state index in [2.05, 4.69) is 0 Å². The second kappa shape index (κ2) is 7.15. The monoisotopic (exact) mass is 308 g/mol. The molecule has 2 N–H and O–H groups in total. The van der Waals surface area contributed by atoms with Gasteiger partial charge >= 0.3 is 12.1 Å². The van der Waals surface area contributed by atoms with Gasteiger partial charge in [-0.1, -0.05) is 0 Å². The number of nitrogens with zero attached hydrogens (tertiary/aromatic N) is 1. The van der Waals surface area contributed by atoms with Crippen LogP contribution in [-0.4, -0.2) is 36.2 Å². The van der Waals surface area contributed by atoms with Gasteiger partial charge in [0.25, 0.3) is 0 Å². The van der Waals surface area contributed by atoms with Crippen molar-refractivity contribution in [1.82, 2.24) is 4.90 Å². The van der Waals surface area contributed by atoms with Crippen LogP contribution in [0, 0.1) is 0 Å². The third-order valence-corrected chi connectivity index (χ3v) is 2.96. The summed E-state index contributed by atoms with van der Waals surface area (Å²) in [6.07, 6.45) is -0.419. The first-order valence-electron chi connectivity index (χ1n) is 7.12. The molecule has 0 fully saturated rings. The summed E-state index contributed by atoms with van der Waals surface area (Å²) in [5.74, 6) is -0.443. The fraction of sp³-hybridized carbons (Fsp3) is 0.500. The highest BCUT2D eigenvalue weighted by molar-refractivity contribution is 5.90. The first-order chi connectivity index (χ1) is 10.2. The maximum Gasteiger partial charge on any atom is 0.410 e. The highest BCUT2D eigenvalue weighted by Crippen LogP contribution is 2.19. The molecule has 6 nitrogen and oxygen atoms in total. The van der Waals surface area contributed by atoms with E-state index in [-0.39, 0.29) is 6.54 Å². The molecule has 0 unspecified atom stereocenters. The van der Waals surface area contributed by atoms with Gasteiger partial charge in [-0.3, -0.25) is 0 Å². The highest BCUT2D eigenvalue weighted by atomic mass is 16.6. The van der Waals surface area contributed by atoms with Crippen LogP contribution in [0.2, 0.25) is 0 Å². The third-order valence-electron chi connectivity index (χ3n) is 2.96. The van der Waals surface area contributed by atoms with Crippen LogP contribution in [0.25, 0.3) is 0 Å². The van der Waals surface area contributed by atoms with Crippen LogP contribution in [0.1, 0.15) is 43.6 Å². The largest absolute Gasteiger partial charge is 0.465 e. The summed E-state index contributed by atoms with van der Waals surface area (Å²) in [6.45, 7) is 8.02. The highest BCUT2D eigenvalue weighted by Gasteiger charge is 2.22. The van der Waals surface area contributed by atoms with Gasteiger partial charge in [-0.25, -0.2) is 9.59 Å². The zero-order valence-electron chi connectivity index (χ0n) is 13.8. The van der Waals surface area contributed by atoms with Gasteiger partial charge in [0, 0.05) is 12.2 Å². The van der Waals surface area contributed by atoms with Crippen LogP contribution in [0.4, 0.5) is 10.5 Å². The fourth-order valence-electron chi connectivity index (χ4n) is 1.83. The summed E-state index contributed by atoms with van der Waals surface area (Å²) in [7, 11) is 1.32. The lowest BCUT2D eigenvalue weighted by Crippen LogP contribution is -2.36. The molecule has 6 heteroatoms. The minimum absolute atomic E-state index is 0.266. The average molecular weight is 308 g/mol. The molecule has 0 radical (unpaired) electrons. The first kappa shape index (κ1) is 17.8. The third kappa shape index (κ3) is 4.95. The number of nitrogen functional groups attached to an aromatic ring is 1. The molecule has 0 bridgehead atoms. The van der Waals surface area contributed by atoms with Crippen LogP contribution in [0.15, 0.2) is 18.2 Å². The number of ether oxygens (including phenoxy) is 2. The Morgan fingerprint density at radius 3 is 2.41 bits per heavy atom. The molecular formula is C16H24N2O4. The molecule has 0 saturated carbocycles. The smallest absolute Gasteiger partial charge is 0.410 e. The number of methoxy groups -OCH3 is 1. The minimum Gasteiger partial charge on any atom is -0.465 e. The molecule has 0 aliphatic heterocycles. The van der Waals surface area contributed by atoms with E-state index in [9.17, 15) is 9.59 Å². The summed E-state index contributed by atoms with van der Waals surface area (Å²) >= 11 is 0. The van der Waals surface area contributed by atoms with E-state index in [1.54, 1.807) is 18.2 Å². The van der Waals surface area contributed by atoms with E-state index in [0.717, 1.165) is 0 Å². The van der Waals surface area contributed by atoms with Gasteiger partial charge in [0.1, 0.15) is 5.60 Å². The number of carbonyl (C=O) groups is 2. The van der Waals surface area contributed by atoms with Crippen molar-refractivity contribution in [3.05, 3.63) is 29.3 Å². The molecule has 122 valence electrons. The van der Waals surface area contributed by atoms with E-state index in [1.165, 1.54) is 12.0 Å². The topological polar surface area (TPSA) is 81.9 Å². The molecular weight excluding hydrogens is 284 g/mol. The summed E-state index contributed by atoms with van der Waals surface area (Å²) in [5.41, 5.74) is 6.95. The summed E-state index contributed by atoms with van der Waals surface area (Å²) in [6, 6.07) is 4.85. The number of hydrogen-bond acceptors (Lipinski definition) is 5. The molecule has 1 aromatic carbocycles. The van der Waals surface area contributed by atoms with E-state index < -0.39 is 17.7 Å². The van der Waals surface area contributed by atoms with Crippen LogP contribution in [0.5, 0.6) is 0 Å². The second-order valence-corrected chi connectivity index (χ2v) is 5.90. The van der Waals surface area contributed by atoms with Crippen LogP contribution >= 0.6 is 0 Å². The Bertz CT molecular complexity index is 550. The number of amides is 1. The van der Waals surface area contributed by atoms with Crippen molar-refractivity contribution in [2.75, 3.05) is 19.4 Å². The Kier molecular flexibility index (Phi) is 5.79. The van der Waals surface area contributed by atoms with Crippen LogP contribution in [0.3, 0.4) is 0 Å². The molecule has 0 heterocycles. The van der Waals surface area contributed by atoms with Gasteiger partial charge in [-0.15, -0.1) is 0 Å². The number of rotatable bonds is 4. The summed E-state index contributed by atoms with van der Waals surface area (Å²) < 4.78 is 10.0. The molecule has 0 aliphatic rings. The van der Waals surface area contributed by atoms with Gasteiger partial charge < -0.3 is 20.1 Å². The van der Waals surface area contributed by atoms with Crippen LogP contribution < -0.4 is 5.73 Å². The van der Waals surface area contributed by atoms with Crippen molar-refractivity contribution in [3.8, 4) is 0 Å². The van der Waals surface area contributed by atoms with Gasteiger partial charge in [0.2, 0.25) is 0 Å². The lowest BCUT2D eigenvalue weighted by atomic mass is 10.1. The van der Waals surface area contributed by atoms with E-state index in [4.69, 9.17) is 15.2 Å². The first-order valence-corrected chi connectivity index (χ1v) is 7.12. The second-order valence-electron chi connectivity index (χ2n) is 5.90. The molecule has 1 amide bonds. The van der Waals surface area contributed by atoms with Crippen molar-refractivity contribution in [1.29, 1.82) is 0 Å². The SMILES string of the molecule is CCN(Cc1cc(C(=O)OC)ccc1N)C(=O)OC(C)(C)C.